The summed E-state index contributed by atoms with van der Waals surface area (Å²) in [5.74, 6) is -0.328. The minimum Gasteiger partial charge on any atom is -0.359 e. The van der Waals surface area contributed by atoms with E-state index in [4.69, 9.17) is 0 Å². The van der Waals surface area contributed by atoms with Crippen LogP contribution in [-0.2, 0) is 9.53 Å². The topological polar surface area (TPSA) is 29.5 Å². The van der Waals surface area contributed by atoms with Crippen LogP contribution >= 0.6 is 0 Å². The van der Waals surface area contributed by atoms with Crippen LogP contribution in [0.4, 0.5) is 13.2 Å². The van der Waals surface area contributed by atoms with Crippen LogP contribution in [0.1, 0.15) is 39.5 Å². The smallest absolute Gasteiger partial charge is 0.359 e. The standard InChI is InChI=1S/C12H20F3NO2/c1-3-10-6-4-5-7-16(10)11(17)9(2)18-8-12(13,14)15/h9-10H,3-8H2,1-2H3. The first-order valence-corrected chi connectivity index (χ1v) is 6.34. The van der Waals surface area contributed by atoms with Gasteiger partial charge in [-0.05, 0) is 32.6 Å². The van der Waals surface area contributed by atoms with Crippen molar-refractivity contribution in [2.75, 3.05) is 13.2 Å². The maximum Gasteiger partial charge on any atom is 0.411 e. The van der Waals surface area contributed by atoms with E-state index in [9.17, 15) is 18.0 Å². The highest BCUT2D eigenvalue weighted by molar-refractivity contribution is 5.81. The molecule has 2 atom stereocenters. The maximum absolute atomic E-state index is 12.0. The molecule has 3 nitrogen and oxygen atoms in total. The van der Waals surface area contributed by atoms with Crippen molar-refractivity contribution in [3.63, 3.8) is 0 Å². The zero-order valence-electron chi connectivity index (χ0n) is 10.8. The van der Waals surface area contributed by atoms with E-state index in [0.717, 1.165) is 25.7 Å². The van der Waals surface area contributed by atoms with Crippen LogP contribution in [0, 0.1) is 0 Å². The summed E-state index contributed by atoms with van der Waals surface area (Å²) < 4.78 is 40.6. The molecule has 1 fully saturated rings. The lowest BCUT2D eigenvalue weighted by molar-refractivity contribution is -0.189. The summed E-state index contributed by atoms with van der Waals surface area (Å²) in [5.41, 5.74) is 0. The molecular formula is C12H20F3NO2. The van der Waals surface area contributed by atoms with E-state index in [2.05, 4.69) is 4.74 Å². The van der Waals surface area contributed by atoms with Gasteiger partial charge in [-0.25, -0.2) is 0 Å². The van der Waals surface area contributed by atoms with Crippen LogP contribution in [-0.4, -0.2) is 42.3 Å². The second-order valence-electron chi connectivity index (χ2n) is 4.66. The zero-order valence-corrected chi connectivity index (χ0v) is 10.8. The Kier molecular flexibility index (Phi) is 5.44. The Hall–Kier alpha value is -0.780. The lowest BCUT2D eigenvalue weighted by atomic mass is 9.99. The Morgan fingerprint density at radius 3 is 2.67 bits per heavy atom. The van der Waals surface area contributed by atoms with Gasteiger partial charge in [0.25, 0.3) is 5.91 Å². The van der Waals surface area contributed by atoms with Crippen LogP contribution in [0.3, 0.4) is 0 Å². The molecule has 6 heteroatoms. The zero-order chi connectivity index (χ0) is 13.8. The van der Waals surface area contributed by atoms with Crippen molar-refractivity contribution in [1.29, 1.82) is 0 Å². The van der Waals surface area contributed by atoms with Crippen molar-refractivity contribution in [1.82, 2.24) is 4.90 Å². The molecule has 0 bridgehead atoms. The van der Waals surface area contributed by atoms with Crippen molar-refractivity contribution in [2.45, 2.75) is 57.9 Å². The summed E-state index contributed by atoms with van der Waals surface area (Å²) in [4.78, 5) is 13.7. The first kappa shape index (κ1) is 15.3. The van der Waals surface area contributed by atoms with Gasteiger partial charge in [0, 0.05) is 12.6 Å². The predicted molar refractivity (Wildman–Crippen MR) is 61.1 cm³/mol. The van der Waals surface area contributed by atoms with Crippen LogP contribution in [0.25, 0.3) is 0 Å². The Morgan fingerprint density at radius 1 is 1.44 bits per heavy atom. The summed E-state index contributed by atoms with van der Waals surface area (Å²) in [7, 11) is 0. The predicted octanol–water partition coefficient (Wildman–Crippen LogP) is 2.74. The van der Waals surface area contributed by atoms with Gasteiger partial charge in [0.15, 0.2) is 0 Å². The number of likely N-dealkylation sites (tertiary alicyclic amines) is 1. The van der Waals surface area contributed by atoms with Gasteiger partial charge in [0.1, 0.15) is 12.7 Å². The molecule has 1 rings (SSSR count). The van der Waals surface area contributed by atoms with E-state index in [1.165, 1.54) is 6.92 Å². The fourth-order valence-corrected chi connectivity index (χ4v) is 2.24. The first-order chi connectivity index (χ1) is 8.35. The Bertz CT molecular complexity index is 281. The summed E-state index contributed by atoms with van der Waals surface area (Å²) in [6, 6.07) is 0.142. The minimum atomic E-state index is -4.39. The van der Waals surface area contributed by atoms with E-state index < -0.39 is 18.9 Å². The normalized spacial score (nSPS) is 22.9. The second kappa shape index (κ2) is 6.41. The van der Waals surface area contributed by atoms with Crippen molar-refractivity contribution < 1.29 is 22.7 Å². The van der Waals surface area contributed by atoms with E-state index in [1.807, 2.05) is 6.92 Å². The molecule has 0 saturated carbocycles. The van der Waals surface area contributed by atoms with Crippen molar-refractivity contribution in [3.05, 3.63) is 0 Å². The van der Waals surface area contributed by atoms with Crippen LogP contribution in [0.5, 0.6) is 0 Å². The first-order valence-electron chi connectivity index (χ1n) is 6.34. The largest absolute Gasteiger partial charge is 0.411 e. The molecule has 1 saturated heterocycles. The Morgan fingerprint density at radius 2 is 2.11 bits per heavy atom. The molecule has 1 aliphatic heterocycles. The number of nitrogens with zero attached hydrogens (tertiary/aromatic N) is 1. The van der Waals surface area contributed by atoms with Gasteiger partial charge in [-0.1, -0.05) is 6.92 Å². The SMILES string of the molecule is CCC1CCCCN1C(=O)C(C)OCC(F)(F)F. The summed E-state index contributed by atoms with van der Waals surface area (Å²) in [5, 5.41) is 0. The molecular weight excluding hydrogens is 247 g/mol. The molecule has 106 valence electrons. The van der Waals surface area contributed by atoms with Gasteiger partial charge in [-0.2, -0.15) is 13.2 Å². The Labute approximate surface area is 105 Å². The molecule has 1 amide bonds. The van der Waals surface area contributed by atoms with E-state index in [1.54, 1.807) is 4.90 Å². The minimum absolute atomic E-state index is 0.142. The second-order valence-corrected chi connectivity index (χ2v) is 4.66. The lowest BCUT2D eigenvalue weighted by Gasteiger charge is -2.36. The van der Waals surface area contributed by atoms with Crippen LogP contribution < -0.4 is 0 Å². The lowest BCUT2D eigenvalue weighted by Crippen LogP contribution is -2.48. The van der Waals surface area contributed by atoms with Gasteiger partial charge in [0.2, 0.25) is 0 Å². The summed E-state index contributed by atoms with van der Waals surface area (Å²) in [6.07, 6.45) is -1.68. The number of hydrogen-bond acceptors (Lipinski definition) is 2. The van der Waals surface area contributed by atoms with Crippen molar-refractivity contribution in [3.8, 4) is 0 Å². The number of carbonyl (C=O) groups excluding carboxylic acids is 1. The monoisotopic (exact) mass is 267 g/mol. The third-order valence-electron chi connectivity index (χ3n) is 3.23. The van der Waals surface area contributed by atoms with Gasteiger partial charge in [-0.3, -0.25) is 4.79 Å². The fraction of sp³-hybridized carbons (Fsp3) is 0.917. The highest BCUT2D eigenvalue weighted by atomic mass is 19.4. The summed E-state index contributed by atoms with van der Waals surface area (Å²) >= 11 is 0. The maximum atomic E-state index is 12.0. The van der Waals surface area contributed by atoms with Gasteiger partial charge in [0.05, 0.1) is 0 Å². The number of hydrogen-bond donors (Lipinski definition) is 0. The Balaban J connectivity index is 2.51. The van der Waals surface area contributed by atoms with E-state index >= 15 is 0 Å². The average molecular weight is 267 g/mol. The highest BCUT2D eigenvalue weighted by Gasteiger charge is 2.33. The molecule has 1 heterocycles. The molecule has 0 spiro atoms. The molecule has 0 aromatic heterocycles. The van der Waals surface area contributed by atoms with Gasteiger partial charge < -0.3 is 9.64 Å². The molecule has 18 heavy (non-hydrogen) atoms. The third-order valence-corrected chi connectivity index (χ3v) is 3.23. The summed E-state index contributed by atoms with van der Waals surface area (Å²) in [6.45, 7) is 2.62. The number of rotatable bonds is 4. The quantitative estimate of drug-likeness (QED) is 0.784. The molecule has 2 unspecified atom stereocenters. The number of alkyl halides is 3. The molecule has 1 aliphatic rings. The number of ether oxygens (including phenoxy) is 1. The number of amides is 1. The number of carbonyl (C=O) groups is 1. The van der Waals surface area contributed by atoms with E-state index in [-0.39, 0.29) is 11.9 Å². The molecule has 0 aromatic rings. The molecule has 0 aliphatic carbocycles. The fourth-order valence-electron chi connectivity index (χ4n) is 2.24. The third kappa shape index (κ3) is 4.48. The highest BCUT2D eigenvalue weighted by Crippen LogP contribution is 2.22. The van der Waals surface area contributed by atoms with Gasteiger partial charge in [-0.15, -0.1) is 0 Å². The van der Waals surface area contributed by atoms with E-state index in [0.29, 0.717) is 6.54 Å². The number of piperidine rings is 1. The van der Waals surface area contributed by atoms with Gasteiger partial charge >= 0.3 is 6.18 Å². The van der Waals surface area contributed by atoms with Crippen LogP contribution in [0.15, 0.2) is 0 Å². The van der Waals surface area contributed by atoms with Crippen molar-refractivity contribution in [2.24, 2.45) is 0 Å². The molecule has 0 aromatic carbocycles. The average Bonchev–Trinajstić information content (AvgIpc) is 2.34. The number of halogens is 3. The van der Waals surface area contributed by atoms with Crippen LogP contribution in [0.2, 0.25) is 0 Å². The van der Waals surface area contributed by atoms with Crippen molar-refractivity contribution >= 4 is 5.91 Å². The molecule has 0 radical (unpaired) electrons. The molecule has 0 N–H and O–H groups in total.